The molecule has 1 amide bonds. The first-order chi connectivity index (χ1) is 10.2. The van der Waals surface area contributed by atoms with Crippen LogP contribution in [-0.4, -0.2) is 42.1 Å². The van der Waals surface area contributed by atoms with Crippen molar-refractivity contribution in [3.63, 3.8) is 0 Å². The van der Waals surface area contributed by atoms with E-state index in [1.54, 1.807) is 0 Å². The molecule has 0 spiro atoms. The molecule has 0 bridgehead atoms. The number of aromatic nitrogens is 1. The maximum Gasteiger partial charge on any atom is 0.273 e. The Morgan fingerprint density at radius 3 is 3.00 bits per heavy atom. The Morgan fingerprint density at radius 1 is 1.48 bits per heavy atom. The van der Waals surface area contributed by atoms with Gasteiger partial charge >= 0.3 is 0 Å². The lowest BCUT2D eigenvalue weighted by atomic mass is 9.97. The summed E-state index contributed by atoms with van der Waals surface area (Å²) in [5, 5.41) is 7.08. The van der Waals surface area contributed by atoms with Crippen LogP contribution in [0.25, 0.3) is 0 Å². The van der Waals surface area contributed by atoms with Crippen LogP contribution in [0.4, 0.5) is 0 Å². The molecule has 2 atom stereocenters. The summed E-state index contributed by atoms with van der Waals surface area (Å²) < 4.78 is 5.27. The third kappa shape index (κ3) is 3.46. The number of carbonyl (C=O) groups is 1. The van der Waals surface area contributed by atoms with E-state index >= 15 is 0 Å². The second-order valence-electron chi connectivity index (χ2n) is 6.59. The average Bonchev–Trinajstić information content (AvgIpc) is 3.08. The molecule has 21 heavy (non-hydrogen) atoms. The van der Waals surface area contributed by atoms with Gasteiger partial charge in [-0.2, -0.15) is 0 Å². The molecule has 1 aliphatic carbocycles. The molecular formula is C16H25N3O2. The third-order valence-electron chi connectivity index (χ3n) is 4.61. The van der Waals surface area contributed by atoms with Gasteiger partial charge in [-0.3, -0.25) is 4.79 Å². The van der Waals surface area contributed by atoms with Crippen LogP contribution in [0, 0.1) is 5.92 Å². The average molecular weight is 291 g/mol. The van der Waals surface area contributed by atoms with E-state index in [2.05, 4.69) is 29.3 Å². The highest BCUT2D eigenvalue weighted by molar-refractivity contribution is 5.92. The van der Waals surface area contributed by atoms with Crippen molar-refractivity contribution in [2.45, 2.75) is 51.0 Å². The number of unbranched alkanes of at least 4 members (excludes halogenated alkanes) is 1. The summed E-state index contributed by atoms with van der Waals surface area (Å²) in [6.45, 7) is 4.20. The summed E-state index contributed by atoms with van der Waals surface area (Å²) in [6, 6.07) is 2.04. The second kappa shape index (κ2) is 6.18. The van der Waals surface area contributed by atoms with Crippen molar-refractivity contribution in [2.75, 3.05) is 20.1 Å². The van der Waals surface area contributed by atoms with Crippen LogP contribution in [0.5, 0.6) is 0 Å². The number of carbonyl (C=O) groups excluding carboxylic acids is 1. The van der Waals surface area contributed by atoms with E-state index in [0.29, 0.717) is 17.5 Å². The molecule has 2 heterocycles. The van der Waals surface area contributed by atoms with Crippen molar-refractivity contribution in [3.8, 4) is 0 Å². The predicted molar refractivity (Wildman–Crippen MR) is 80.2 cm³/mol. The molecule has 2 fully saturated rings. The summed E-state index contributed by atoms with van der Waals surface area (Å²) in [7, 11) is 2.12. The zero-order chi connectivity index (χ0) is 14.8. The molecule has 1 aromatic rings. The highest BCUT2D eigenvalue weighted by Crippen LogP contribution is 2.40. The first-order valence-corrected chi connectivity index (χ1v) is 8.13. The standard InChI is InChI=1S/C16H25N3O2/c1-3-4-5-12-9-19(2)10-14(12)17-16(20)13-8-15(21-18-13)11-6-7-11/h8,11-12,14H,3-7,9-10H2,1-2H3,(H,17,20)/t12-,14-/m0/s1. The quantitative estimate of drug-likeness (QED) is 0.874. The molecule has 116 valence electrons. The number of hydrogen-bond donors (Lipinski definition) is 1. The summed E-state index contributed by atoms with van der Waals surface area (Å²) in [5.74, 6) is 1.82. The largest absolute Gasteiger partial charge is 0.360 e. The molecule has 5 nitrogen and oxygen atoms in total. The van der Waals surface area contributed by atoms with Gasteiger partial charge in [0, 0.05) is 31.1 Å². The van der Waals surface area contributed by atoms with Gasteiger partial charge in [0.25, 0.3) is 5.91 Å². The number of likely N-dealkylation sites (N-methyl/N-ethyl adjacent to an activating group) is 1. The summed E-state index contributed by atoms with van der Waals surface area (Å²) in [5.41, 5.74) is 0.431. The Morgan fingerprint density at radius 2 is 2.29 bits per heavy atom. The normalized spacial score (nSPS) is 26.2. The van der Waals surface area contributed by atoms with Gasteiger partial charge in [-0.15, -0.1) is 0 Å². The zero-order valence-electron chi connectivity index (χ0n) is 13.0. The molecule has 0 radical (unpaired) electrons. The molecule has 2 aliphatic rings. The fourth-order valence-corrected chi connectivity index (χ4v) is 3.21. The molecular weight excluding hydrogens is 266 g/mol. The van der Waals surface area contributed by atoms with Gasteiger partial charge in [-0.05, 0) is 32.2 Å². The Hall–Kier alpha value is -1.36. The van der Waals surface area contributed by atoms with Gasteiger partial charge in [0.05, 0.1) is 0 Å². The number of rotatable bonds is 6. The first-order valence-electron chi connectivity index (χ1n) is 8.13. The van der Waals surface area contributed by atoms with Crippen molar-refractivity contribution < 1.29 is 9.32 Å². The number of nitrogens with one attached hydrogen (secondary N) is 1. The number of hydrogen-bond acceptors (Lipinski definition) is 4. The maximum absolute atomic E-state index is 12.3. The lowest BCUT2D eigenvalue weighted by Crippen LogP contribution is -2.40. The van der Waals surface area contributed by atoms with Crippen LogP contribution in [0.2, 0.25) is 0 Å². The lowest BCUT2D eigenvalue weighted by molar-refractivity contribution is 0.0920. The van der Waals surface area contributed by atoms with Crippen LogP contribution < -0.4 is 5.32 Å². The summed E-state index contributed by atoms with van der Waals surface area (Å²) in [4.78, 5) is 14.6. The smallest absolute Gasteiger partial charge is 0.273 e. The van der Waals surface area contributed by atoms with Crippen LogP contribution in [0.3, 0.4) is 0 Å². The van der Waals surface area contributed by atoms with E-state index in [4.69, 9.17) is 4.52 Å². The van der Waals surface area contributed by atoms with Gasteiger partial charge in [0.2, 0.25) is 0 Å². The second-order valence-corrected chi connectivity index (χ2v) is 6.59. The zero-order valence-corrected chi connectivity index (χ0v) is 13.0. The van der Waals surface area contributed by atoms with Gasteiger partial charge < -0.3 is 14.7 Å². The Balaban J connectivity index is 1.59. The Labute approximate surface area is 126 Å². The van der Waals surface area contributed by atoms with Crippen molar-refractivity contribution in [1.82, 2.24) is 15.4 Å². The van der Waals surface area contributed by atoms with Crippen molar-refractivity contribution in [3.05, 3.63) is 17.5 Å². The fraction of sp³-hybridized carbons (Fsp3) is 0.750. The molecule has 1 saturated carbocycles. The summed E-state index contributed by atoms with van der Waals surface area (Å²) >= 11 is 0. The Kier molecular flexibility index (Phi) is 4.29. The molecule has 3 rings (SSSR count). The van der Waals surface area contributed by atoms with Crippen molar-refractivity contribution >= 4 is 5.91 Å². The van der Waals surface area contributed by atoms with Gasteiger partial charge in [-0.25, -0.2) is 0 Å². The SMILES string of the molecule is CCCC[C@H]1CN(C)C[C@@H]1NC(=O)c1cc(C2CC2)on1. The topological polar surface area (TPSA) is 58.4 Å². The first kappa shape index (κ1) is 14.6. The van der Waals surface area contributed by atoms with Crippen LogP contribution in [0.1, 0.15) is 61.2 Å². The van der Waals surface area contributed by atoms with E-state index in [9.17, 15) is 4.79 Å². The fourth-order valence-electron chi connectivity index (χ4n) is 3.21. The van der Waals surface area contributed by atoms with Crippen LogP contribution >= 0.6 is 0 Å². The molecule has 5 heteroatoms. The highest BCUT2D eigenvalue weighted by atomic mass is 16.5. The van der Waals surface area contributed by atoms with E-state index in [1.807, 2.05) is 6.07 Å². The minimum Gasteiger partial charge on any atom is -0.360 e. The third-order valence-corrected chi connectivity index (χ3v) is 4.61. The Bertz CT molecular complexity index is 495. The molecule has 1 N–H and O–H groups in total. The predicted octanol–water partition coefficient (Wildman–Crippen LogP) is 2.40. The van der Waals surface area contributed by atoms with E-state index in [0.717, 1.165) is 31.7 Å². The maximum atomic E-state index is 12.3. The van der Waals surface area contributed by atoms with Crippen molar-refractivity contribution in [2.24, 2.45) is 5.92 Å². The summed E-state index contributed by atoms with van der Waals surface area (Å²) in [6.07, 6.45) is 5.92. The van der Waals surface area contributed by atoms with Gasteiger partial charge in [-0.1, -0.05) is 24.9 Å². The van der Waals surface area contributed by atoms with Gasteiger partial charge in [0.15, 0.2) is 5.69 Å². The van der Waals surface area contributed by atoms with E-state index in [-0.39, 0.29) is 11.9 Å². The van der Waals surface area contributed by atoms with Crippen LogP contribution in [-0.2, 0) is 0 Å². The minimum absolute atomic E-state index is 0.0903. The number of likely N-dealkylation sites (tertiary alicyclic amines) is 1. The number of nitrogens with zero attached hydrogens (tertiary/aromatic N) is 2. The highest BCUT2D eigenvalue weighted by Gasteiger charge is 2.33. The van der Waals surface area contributed by atoms with Gasteiger partial charge in [0.1, 0.15) is 5.76 Å². The molecule has 0 aromatic carbocycles. The van der Waals surface area contributed by atoms with Crippen LogP contribution in [0.15, 0.2) is 10.6 Å². The van der Waals surface area contributed by atoms with Crippen molar-refractivity contribution in [1.29, 1.82) is 0 Å². The monoisotopic (exact) mass is 291 g/mol. The number of amides is 1. The van der Waals surface area contributed by atoms with E-state index in [1.165, 1.54) is 19.3 Å². The minimum atomic E-state index is -0.0903. The van der Waals surface area contributed by atoms with E-state index < -0.39 is 0 Å². The molecule has 1 saturated heterocycles. The molecule has 0 unspecified atom stereocenters. The lowest BCUT2D eigenvalue weighted by Gasteiger charge is -2.19. The molecule has 1 aromatic heterocycles. The molecule has 1 aliphatic heterocycles.